The van der Waals surface area contributed by atoms with Crippen LogP contribution in [0.15, 0.2) is 47.5 Å². The van der Waals surface area contributed by atoms with Gasteiger partial charge < -0.3 is 30.2 Å². The number of fused-ring (bicyclic) bond motifs is 1. The van der Waals surface area contributed by atoms with Crippen molar-refractivity contribution in [2.75, 3.05) is 37.0 Å². The summed E-state index contributed by atoms with van der Waals surface area (Å²) in [5, 5.41) is 9.52. The highest BCUT2D eigenvalue weighted by Gasteiger charge is 2.23. The van der Waals surface area contributed by atoms with Crippen molar-refractivity contribution < 1.29 is 19.0 Å². The minimum Gasteiger partial charge on any atom is -0.490 e. The number of halogens is 1. The van der Waals surface area contributed by atoms with Crippen molar-refractivity contribution in [3.8, 4) is 11.5 Å². The van der Waals surface area contributed by atoms with Gasteiger partial charge in [-0.2, -0.15) is 0 Å². The van der Waals surface area contributed by atoms with E-state index < -0.39 is 0 Å². The number of ether oxygens (including phenoxy) is 3. The van der Waals surface area contributed by atoms with Crippen molar-refractivity contribution in [3.63, 3.8) is 0 Å². The maximum Gasteiger partial charge on any atom is 0.253 e. The van der Waals surface area contributed by atoms with Gasteiger partial charge in [-0.15, -0.1) is 24.0 Å². The Morgan fingerprint density at radius 3 is 2.61 bits per heavy atom. The van der Waals surface area contributed by atoms with Gasteiger partial charge >= 0.3 is 0 Å². The van der Waals surface area contributed by atoms with Crippen molar-refractivity contribution in [1.82, 2.24) is 5.32 Å². The number of hydrogen-bond donors (Lipinski definition) is 3. The van der Waals surface area contributed by atoms with Crippen LogP contribution in [0, 0.1) is 0 Å². The third-order valence-electron chi connectivity index (χ3n) is 5.19. The smallest absolute Gasteiger partial charge is 0.253 e. The molecule has 2 heterocycles. The number of rotatable bonds is 6. The highest BCUT2D eigenvalue weighted by atomic mass is 127. The predicted octanol–water partition coefficient (Wildman–Crippen LogP) is 4.16. The number of benzene rings is 2. The molecule has 33 heavy (non-hydrogen) atoms. The number of aliphatic imine (C=N–C) groups is 1. The maximum atomic E-state index is 12.3. The number of nitrogens with one attached hydrogen (secondary N) is 3. The average Bonchev–Trinajstić information content (AvgIpc) is 3.24. The molecule has 2 aromatic carbocycles. The van der Waals surface area contributed by atoms with Gasteiger partial charge in [-0.1, -0.05) is 12.1 Å². The molecule has 0 bridgehead atoms. The summed E-state index contributed by atoms with van der Waals surface area (Å²) in [6.07, 6.45) is 2.22. The quantitative estimate of drug-likeness (QED) is 0.276. The van der Waals surface area contributed by atoms with E-state index in [1.54, 1.807) is 0 Å². The Hall–Kier alpha value is -2.53. The van der Waals surface area contributed by atoms with Crippen LogP contribution in [0.4, 0.5) is 11.4 Å². The molecule has 2 aliphatic heterocycles. The van der Waals surface area contributed by atoms with Crippen molar-refractivity contribution in [2.45, 2.75) is 38.8 Å². The fourth-order valence-electron chi connectivity index (χ4n) is 3.61. The van der Waals surface area contributed by atoms with E-state index >= 15 is 0 Å². The van der Waals surface area contributed by atoms with Crippen LogP contribution in [0.1, 0.15) is 31.7 Å². The van der Waals surface area contributed by atoms with Crippen LogP contribution in [0.3, 0.4) is 0 Å². The van der Waals surface area contributed by atoms with Gasteiger partial charge in [-0.3, -0.25) is 4.79 Å². The molecule has 8 nitrogen and oxygen atoms in total. The summed E-state index contributed by atoms with van der Waals surface area (Å²) >= 11 is 0. The number of carbonyl (C=O) groups is 1. The topological polar surface area (TPSA) is 93.2 Å². The van der Waals surface area contributed by atoms with Crippen molar-refractivity contribution in [3.05, 3.63) is 48.0 Å². The van der Waals surface area contributed by atoms with Crippen LogP contribution in [0.2, 0.25) is 0 Å². The summed E-state index contributed by atoms with van der Waals surface area (Å²) in [4.78, 5) is 17.0. The summed E-state index contributed by atoms with van der Waals surface area (Å²) in [5.74, 6) is 2.07. The Bertz CT molecular complexity index is 963. The molecule has 0 aliphatic carbocycles. The van der Waals surface area contributed by atoms with Crippen LogP contribution in [0.5, 0.6) is 11.5 Å². The Kier molecular flexibility index (Phi) is 9.61. The van der Waals surface area contributed by atoms with Gasteiger partial charge in [0.15, 0.2) is 17.5 Å². The highest BCUT2D eigenvalue weighted by molar-refractivity contribution is 14.0. The maximum absolute atomic E-state index is 12.3. The minimum absolute atomic E-state index is 0. The van der Waals surface area contributed by atoms with E-state index in [1.165, 1.54) is 0 Å². The molecule has 1 atom stereocenters. The minimum atomic E-state index is -0.350. The predicted molar refractivity (Wildman–Crippen MR) is 140 cm³/mol. The van der Waals surface area contributed by atoms with Gasteiger partial charge in [-0.25, -0.2) is 4.99 Å². The fourth-order valence-corrected chi connectivity index (χ4v) is 3.61. The number of hydrogen-bond acceptors (Lipinski definition) is 5. The molecule has 2 aliphatic rings. The van der Waals surface area contributed by atoms with E-state index in [9.17, 15) is 4.79 Å². The first-order valence-corrected chi connectivity index (χ1v) is 11.2. The molecule has 1 unspecified atom stereocenters. The Morgan fingerprint density at radius 1 is 1.00 bits per heavy atom. The van der Waals surface area contributed by atoms with Gasteiger partial charge in [0.1, 0.15) is 6.10 Å². The zero-order chi connectivity index (χ0) is 22.2. The molecule has 1 fully saturated rings. The number of guanidine groups is 1. The number of nitrogens with zero attached hydrogens (tertiary/aromatic N) is 1. The molecular formula is C24H31IN4O4. The van der Waals surface area contributed by atoms with E-state index in [2.05, 4.69) is 16.0 Å². The van der Waals surface area contributed by atoms with Gasteiger partial charge in [0.2, 0.25) is 0 Å². The summed E-state index contributed by atoms with van der Waals surface area (Å²) in [5.41, 5.74) is 2.61. The second kappa shape index (κ2) is 12.6. The third kappa shape index (κ3) is 7.23. The van der Waals surface area contributed by atoms with E-state index in [4.69, 9.17) is 19.2 Å². The van der Waals surface area contributed by atoms with Crippen LogP contribution in [-0.4, -0.2) is 44.3 Å². The van der Waals surface area contributed by atoms with Crippen molar-refractivity contribution in [2.24, 2.45) is 4.99 Å². The molecule has 178 valence electrons. The van der Waals surface area contributed by atoms with Crippen LogP contribution in [0.25, 0.3) is 0 Å². The molecule has 1 saturated heterocycles. The van der Waals surface area contributed by atoms with Crippen molar-refractivity contribution in [1.29, 1.82) is 0 Å². The Balaban J connectivity index is 0.00000306. The summed E-state index contributed by atoms with van der Waals surface area (Å²) in [7, 11) is 0. The lowest BCUT2D eigenvalue weighted by Crippen LogP contribution is -2.30. The van der Waals surface area contributed by atoms with E-state index in [-0.39, 0.29) is 36.0 Å². The molecule has 0 saturated carbocycles. The summed E-state index contributed by atoms with van der Waals surface area (Å²) in [6.45, 7) is 5.17. The number of anilines is 2. The largest absolute Gasteiger partial charge is 0.490 e. The first-order chi connectivity index (χ1) is 15.7. The number of carbonyl (C=O) groups excluding carboxylic acids is 1. The van der Waals surface area contributed by atoms with Gasteiger partial charge in [0.25, 0.3) is 5.91 Å². The molecule has 0 radical (unpaired) electrons. The summed E-state index contributed by atoms with van der Waals surface area (Å²) < 4.78 is 16.9. The number of amides is 1. The SMILES string of the molecule is CCNC(=NCc1cccc(NC(=O)C2CCCO2)c1)Nc1ccc2c(c1)OCCCO2.I. The molecule has 1 amide bonds. The molecule has 0 spiro atoms. The molecule has 2 aromatic rings. The normalized spacial score (nSPS) is 17.5. The van der Waals surface area contributed by atoms with Gasteiger partial charge in [0.05, 0.1) is 19.8 Å². The van der Waals surface area contributed by atoms with Crippen LogP contribution >= 0.6 is 24.0 Å². The van der Waals surface area contributed by atoms with Crippen molar-refractivity contribution >= 4 is 47.2 Å². The van der Waals surface area contributed by atoms with E-state index in [0.29, 0.717) is 32.3 Å². The highest BCUT2D eigenvalue weighted by Crippen LogP contribution is 2.32. The zero-order valence-corrected chi connectivity index (χ0v) is 21.1. The molecule has 4 rings (SSSR count). The zero-order valence-electron chi connectivity index (χ0n) is 18.8. The second-order valence-electron chi connectivity index (χ2n) is 7.72. The molecule has 9 heteroatoms. The van der Waals surface area contributed by atoms with E-state index in [1.807, 2.05) is 49.4 Å². The monoisotopic (exact) mass is 566 g/mol. The van der Waals surface area contributed by atoms with Crippen LogP contribution < -0.4 is 25.4 Å². The summed E-state index contributed by atoms with van der Waals surface area (Å²) in [6, 6.07) is 13.5. The molecule has 3 N–H and O–H groups in total. The van der Waals surface area contributed by atoms with Gasteiger partial charge in [0, 0.05) is 37.0 Å². The Labute approximate surface area is 211 Å². The second-order valence-corrected chi connectivity index (χ2v) is 7.72. The van der Waals surface area contributed by atoms with E-state index in [0.717, 1.165) is 54.2 Å². The fraction of sp³-hybridized carbons (Fsp3) is 0.417. The Morgan fingerprint density at radius 2 is 1.82 bits per heavy atom. The lowest BCUT2D eigenvalue weighted by Gasteiger charge is -2.14. The lowest BCUT2D eigenvalue weighted by atomic mass is 10.2. The average molecular weight is 566 g/mol. The molecule has 0 aromatic heterocycles. The lowest BCUT2D eigenvalue weighted by molar-refractivity contribution is -0.124. The first kappa shape index (κ1) is 25.1. The molecular weight excluding hydrogens is 535 g/mol. The first-order valence-electron chi connectivity index (χ1n) is 11.2. The standard InChI is InChI=1S/C24H30N4O4.HI/c1-2-25-24(28-19-9-10-20-22(15-19)32-13-5-12-30-20)26-16-17-6-3-7-18(14-17)27-23(29)21-8-4-11-31-21;/h3,6-7,9-10,14-15,21H,2,4-5,8,11-13,16H2,1H3,(H,27,29)(H2,25,26,28);1H. The third-order valence-corrected chi connectivity index (χ3v) is 5.19. The van der Waals surface area contributed by atoms with Crippen LogP contribution in [-0.2, 0) is 16.1 Å². The van der Waals surface area contributed by atoms with Gasteiger partial charge in [-0.05, 0) is 49.6 Å².